The van der Waals surface area contributed by atoms with Gasteiger partial charge >= 0.3 is 0 Å². The number of aryl methyl sites for hydroxylation is 1. The molecule has 0 saturated heterocycles. The van der Waals surface area contributed by atoms with Gasteiger partial charge in [-0.3, -0.25) is 0 Å². The molecule has 0 aromatic carbocycles. The van der Waals surface area contributed by atoms with Crippen molar-refractivity contribution in [2.45, 2.75) is 32.7 Å². The normalized spacial score (nSPS) is 13.1. The largest absolute Gasteiger partial charge is 0.464 e. The van der Waals surface area contributed by atoms with Crippen LogP contribution in [0.2, 0.25) is 0 Å². The van der Waals surface area contributed by atoms with E-state index in [-0.39, 0.29) is 6.04 Å². The predicted molar refractivity (Wildman–Crippen MR) is 56.1 cm³/mol. The Labute approximate surface area is 85.2 Å². The highest BCUT2D eigenvalue weighted by molar-refractivity contribution is 5.10. The van der Waals surface area contributed by atoms with E-state index in [1.807, 2.05) is 12.1 Å². The van der Waals surface area contributed by atoms with Crippen molar-refractivity contribution >= 4 is 0 Å². The molecule has 3 heteroatoms. The molecule has 0 aliphatic carbocycles. The Kier molecular flexibility index (Phi) is 4.70. The maximum atomic E-state index is 5.89. The minimum atomic E-state index is -0.137. The van der Waals surface area contributed by atoms with Crippen LogP contribution in [0.1, 0.15) is 37.8 Å². The quantitative estimate of drug-likeness (QED) is 0.712. The van der Waals surface area contributed by atoms with Crippen molar-refractivity contribution in [1.29, 1.82) is 0 Å². The Morgan fingerprint density at radius 1 is 1.43 bits per heavy atom. The lowest BCUT2D eigenvalue weighted by Gasteiger charge is -2.08. The van der Waals surface area contributed by atoms with Crippen LogP contribution >= 0.6 is 0 Å². The lowest BCUT2D eigenvalue weighted by atomic mass is 10.2. The van der Waals surface area contributed by atoms with Crippen LogP contribution in [0.25, 0.3) is 0 Å². The van der Waals surface area contributed by atoms with Crippen molar-refractivity contribution in [2.75, 3.05) is 13.2 Å². The molecule has 1 aromatic rings. The molecular weight excluding hydrogens is 178 g/mol. The van der Waals surface area contributed by atoms with Crippen molar-refractivity contribution < 1.29 is 9.15 Å². The molecule has 14 heavy (non-hydrogen) atoms. The second-order valence-electron chi connectivity index (χ2n) is 3.34. The number of furan rings is 1. The van der Waals surface area contributed by atoms with Gasteiger partial charge in [0.1, 0.15) is 11.5 Å². The summed E-state index contributed by atoms with van der Waals surface area (Å²) in [6, 6.07) is 3.76. The van der Waals surface area contributed by atoms with E-state index in [4.69, 9.17) is 14.9 Å². The molecule has 1 atom stereocenters. The Morgan fingerprint density at radius 2 is 2.21 bits per heavy atom. The lowest BCUT2D eigenvalue weighted by Crippen LogP contribution is -2.16. The van der Waals surface area contributed by atoms with Crippen molar-refractivity contribution in [2.24, 2.45) is 5.73 Å². The highest BCUT2D eigenvalue weighted by Gasteiger charge is 2.10. The Morgan fingerprint density at radius 3 is 2.79 bits per heavy atom. The summed E-state index contributed by atoms with van der Waals surface area (Å²) in [5.41, 5.74) is 5.89. The molecule has 0 fully saturated rings. The lowest BCUT2D eigenvalue weighted by molar-refractivity contribution is 0.116. The van der Waals surface area contributed by atoms with Gasteiger partial charge in [-0.15, -0.1) is 0 Å². The van der Waals surface area contributed by atoms with Crippen LogP contribution in [-0.4, -0.2) is 13.2 Å². The summed E-state index contributed by atoms with van der Waals surface area (Å²) in [5, 5.41) is 0. The van der Waals surface area contributed by atoms with E-state index in [0.29, 0.717) is 6.61 Å². The van der Waals surface area contributed by atoms with E-state index in [2.05, 4.69) is 13.8 Å². The summed E-state index contributed by atoms with van der Waals surface area (Å²) in [4.78, 5) is 0. The van der Waals surface area contributed by atoms with Crippen molar-refractivity contribution in [3.8, 4) is 0 Å². The maximum Gasteiger partial charge on any atom is 0.123 e. The zero-order chi connectivity index (χ0) is 10.4. The first kappa shape index (κ1) is 11.3. The first-order valence-electron chi connectivity index (χ1n) is 5.19. The van der Waals surface area contributed by atoms with E-state index in [1.54, 1.807) is 0 Å². The highest BCUT2D eigenvalue weighted by Crippen LogP contribution is 2.15. The van der Waals surface area contributed by atoms with Gasteiger partial charge in [0, 0.05) is 13.0 Å². The van der Waals surface area contributed by atoms with Gasteiger partial charge in [-0.2, -0.15) is 0 Å². The van der Waals surface area contributed by atoms with Crippen LogP contribution in [-0.2, 0) is 11.2 Å². The fraction of sp³-hybridized carbons (Fsp3) is 0.636. The molecule has 1 unspecified atom stereocenters. The maximum absolute atomic E-state index is 5.89. The fourth-order valence-corrected chi connectivity index (χ4v) is 1.22. The second kappa shape index (κ2) is 5.83. The SMILES string of the molecule is CCCOCC(N)c1ccc(CC)o1. The molecule has 1 heterocycles. The minimum Gasteiger partial charge on any atom is -0.464 e. The summed E-state index contributed by atoms with van der Waals surface area (Å²) < 4.78 is 10.9. The molecular formula is C11H19NO2. The first-order chi connectivity index (χ1) is 6.77. The predicted octanol–water partition coefficient (Wildman–Crippen LogP) is 2.27. The van der Waals surface area contributed by atoms with E-state index in [1.165, 1.54) is 0 Å². The molecule has 0 amide bonds. The Balaban J connectivity index is 2.39. The molecule has 80 valence electrons. The van der Waals surface area contributed by atoms with Crippen LogP contribution in [0.15, 0.2) is 16.5 Å². The number of hydrogen-bond donors (Lipinski definition) is 1. The van der Waals surface area contributed by atoms with Gasteiger partial charge in [0.05, 0.1) is 12.6 Å². The van der Waals surface area contributed by atoms with E-state index < -0.39 is 0 Å². The molecule has 0 saturated carbocycles. The topological polar surface area (TPSA) is 48.4 Å². The number of hydrogen-bond acceptors (Lipinski definition) is 3. The van der Waals surface area contributed by atoms with E-state index >= 15 is 0 Å². The molecule has 0 spiro atoms. The molecule has 0 bridgehead atoms. The second-order valence-corrected chi connectivity index (χ2v) is 3.34. The summed E-state index contributed by atoms with van der Waals surface area (Å²) in [6.45, 7) is 5.43. The standard InChI is InChI=1S/C11H19NO2/c1-3-7-13-8-10(12)11-6-5-9(4-2)14-11/h5-6,10H,3-4,7-8,12H2,1-2H3. The molecule has 1 rings (SSSR count). The Hall–Kier alpha value is -0.800. The van der Waals surface area contributed by atoms with Gasteiger partial charge in [0.25, 0.3) is 0 Å². The third kappa shape index (κ3) is 3.16. The molecule has 0 aliphatic heterocycles. The summed E-state index contributed by atoms with van der Waals surface area (Å²) in [7, 11) is 0. The van der Waals surface area contributed by atoms with Crippen molar-refractivity contribution in [1.82, 2.24) is 0 Å². The minimum absolute atomic E-state index is 0.137. The number of rotatable bonds is 6. The van der Waals surface area contributed by atoms with Gasteiger partial charge in [-0.25, -0.2) is 0 Å². The molecule has 2 N–H and O–H groups in total. The van der Waals surface area contributed by atoms with Crippen LogP contribution in [0.4, 0.5) is 0 Å². The van der Waals surface area contributed by atoms with Gasteiger partial charge in [0.2, 0.25) is 0 Å². The average Bonchev–Trinajstić information content (AvgIpc) is 2.66. The number of nitrogens with two attached hydrogens (primary N) is 1. The first-order valence-corrected chi connectivity index (χ1v) is 5.19. The van der Waals surface area contributed by atoms with Crippen LogP contribution in [0, 0.1) is 0 Å². The molecule has 1 aromatic heterocycles. The van der Waals surface area contributed by atoms with Crippen molar-refractivity contribution in [3.05, 3.63) is 23.7 Å². The highest BCUT2D eigenvalue weighted by atomic mass is 16.5. The van der Waals surface area contributed by atoms with Gasteiger partial charge in [-0.05, 0) is 18.6 Å². The summed E-state index contributed by atoms with van der Waals surface area (Å²) in [6.07, 6.45) is 1.92. The number of ether oxygens (including phenoxy) is 1. The van der Waals surface area contributed by atoms with Crippen molar-refractivity contribution in [3.63, 3.8) is 0 Å². The average molecular weight is 197 g/mol. The zero-order valence-electron chi connectivity index (χ0n) is 8.95. The monoisotopic (exact) mass is 197 g/mol. The third-order valence-corrected chi connectivity index (χ3v) is 2.04. The van der Waals surface area contributed by atoms with Crippen LogP contribution in [0.5, 0.6) is 0 Å². The summed E-state index contributed by atoms with van der Waals surface area (Å²) >= 11 is 0. The van der Waals surface area contributed by atoms with Gasteiger partial charge in [0.15, 0.2) is 0 Å². The van der Waals surface area contributed by atoms with Crippen LogP contribution < -0.4 is 5.73 Å². The Bertz CT molecular complexity index is 258. The molecule has 3 nitrogen and oxygen atoms in total. The summed E-state index contributed by atoms with van der Waals surface area (Å²) in [5.74, 6) is 1.80. The van der Waals surface area contributed by atoms with E-state index in [9.17, 15) is 0 Å². The van der Waals surface area contributed by atoms with Gasteiger partial charge < -0.3 is 14.9 Å². The fourth-order valence-electron chi connectivity index (χ4n) is 1.22. The zero-order valence-corrected chi connectivity index (χ0v) is 8.95. The third-order valence-electron chi connectivity index (χ3n) is 2.04. The van der Waals surface area contributed by atoms with Gasteiger partial charge in [-0.1, -0.05) is 13.8 Å². The molecule has 0 aliphatic rings. The van der Waals surface area contributed by atoms with E-state index in [0.717, 1.165) is 31.0 Å². The smallest absolute Gasteiger partial charge is 0.123 e. The van der Waals surface area contributed by atoms with Crippen LogP contribution in [0.3, 0.4) is 0 Å². The molecule has 0 radical (unpaired) electrons.